The first-order valence-electron chi connectivity index (χ1n) is 23.1. The molecular weight excluding hydrogens is 827 g/mol. The molecule has 0 radical (unpaired) electrons. The average molecular weight is 870 g/mol. The molecule has 67 heavy (non-hydrogen) atoms. The van der Waals surface area contributed by atoms with E-state index in [4.69, 9.17) is 0 Å². The summed E-state index contributed by atoms with van der Waals surface area (Å²) in [6, 6.07) is 96.5. The van der Waals surface area contributed by atoms with Crippen LogP contribution in [0, 0.1) is 0 Å². The summed E-state index contributed by atoms with van der Waals surface area (Å²) in [7, 11) is 0. The van der Waals surface area contributed by atoms with Gasteiger partial charge in [-0.15, -0.1) is 11.3 Å². The molecule has 0 aliphatic heterocycles. The van der Waals surface area contributed by atoms with Gasteiger partial charge in [-0.2, -0.15) is 0 Å². The van der Waals surface area contributed by atoms with Gasteiger partial charge in [0.25, 0.3) is 0 Å². The Balaban J connectivity index is 1.10. The topological polar surface area (TPSA) is 3.24 Å². The molecule has 0 spiro atoms. The summed E-state index contributed by atoms with van der Waals surface area (Å²) in [4.78, 5) is 2.54. The van der Waals surface area contributed by atoms with E-state index in [1.54, 1.807) is 0 Å². The van der Waals surface area contributed by atoms with E-state index in [0.29, 0.717) is 0 Å². The number of hydrogen-bond donors (Lipinski definition) is 0. The lowest BCUT2D eigenvalue weighted by Crippen LogP contribution is -2.28. The second-order valence-corrected chi connectivity index (χ2v) is 18.6. The van der Waals surface area contributed by atoms with Gasteiger partial charge < -0.3 is 4.90 Å². The van der Waals surface area contributed by atoms with Gasteiger partial charge in [-0.25, -0.2) is 0 Å². The standard InChI is InChI=1S/C65H43NS/c1-4-19-45(20-5-1)53-42-39-47(52-30-16-22-44-21-10-11-27-51(44)52)43-61(53)66(50-40-37-46(38-41-50)54-31-17-32-56-55-28-13-15-36-62(55)67-64(54)56)60-35-18-34-59-63(60)57-29-12-14-33-58(57)65(59,48-23-6-2-7-24-48)49-25-8-3-9-26-49/h1-43H. The van der Waals surface area contributed by atoms with Crippen molar-refractivity contribution < 1.29 is 0 Å². The van der Waals surface area contributed by atoms with Gasteiger partial charge in [0.15, 0.2) is 0 Å². The number of thiophene rings is 1. The molecule has 1 aliphatic rings. The summed E-state index contributed by atoms with van der Waals surface area (Å²) >= 11 is 1.88. The second kappa shape index (κ2) is 16.0. The van der Waals surface area contributed by atoms with Gasteiger partial charge in [0, 0.05) is 37.0 Å². The second-order valence-electron chi connectivity index (χ2n) is 17.5. The zero-order chi connectivity index (χ0) is 44.3. The molecule has 1 heterocycles. The molecule has 0 saturated heterocycles. The third kappa shape index (κ3) is 6.22. The molecule has 0 bridgehead atoms. The summed E-state index contributed by atoms with van der Waals surface area (Å²) in [5, 5.41) is 5.08. The molecule has 314 valence electrons. The Morgan fingerprint density at radius 1 is 0.328 bits per heavy atom. The van der Waals surface area contributed by atoms with Crippen LogP contribution in [-0.4, -0.2) is 0 Å². The minimum Gasteiger partial charge on any atom is -0.309 e. The van der Waals surface area contributed by atoms with Crippen molar-refractivity contribution in [1.82, 2.24) is 0 Å². The predicted octanol–water partition coefficient (Wildman–Crippen LogP) is 18.0. The summed E-state index contributed by atoms with van der Waals surface area (Å²) in [6.45, 7) is 0. The fourth-order valence-corrected chi connectivity index (χ4v) is 12.3. The lowest BCUT2D eigenvalue weighted by molar-refractivity contribution is 0.768. The maximum Gasteiger partial charge on any atom is 0.0714 e. The highest BCUT2D eigenvalue weighted by molar-refractivity contribution is 7.26. The monoisotopic (exact) mass is 869 g/mol. The largest absolute Gasteiger partial charge is 0.309 e. The molecular formula is C65H43NS. The highest BCUT2D eigenvalue weighted by atomic mass is 32.1. The van der Waals surface area contributed by atoms with Crippen LogP contribution in [0.3, 0.4) is 0 Å². The SMILES string of the molecule is c1ccc(-c2ccc(-c3cccc4ccccc34)cc2N(c2ccc(-c3cccc4c3sc3ccccc34)cc2)c2cccc3c2-c2ccccc2C3(c2ccccc2)c2ccccc2)cc1. The Hall–Kier alpha value is -8.30. The van der Waals surface area contributed by atoms with E-state index in [0.717, 1.165) is 28.2 Å². The van der Waals surface area contributed by atoms with Crippen LogP contribution in [0.1, 0.15) is 22.3 Å². The van der Waals surface area contributed by atoms with Crippen molar-refractivity contribution in [2.75, 3.05) is 4.90 Å². The van der Waals surface area contributed by atoms with E-state index in [-0.39, 0.29) is 0 Å². The molecule has 1 nitrogen and oxygen atoms in total. The normalized spacial score (nSPS) is 12.6. The summed E-state index contributed by atoms with van der Waals surface area (Å²) in [6.07, 6.45) is 0. The lowest BCUT2D eigenvalue weighted by Gasteiger charge is -2.34. The smallest absolute Gasteiger partial charge is 0.0714 e. The van der Waals surface area contributed by atoms with Gasteiger partial charge in [0.2, 0.25) is 0 Å². The summed E-state index contributed by atoms with van der Waals surface area (Å²) in [5.41, 5.74) is 17.5. The number of nitrogens with zero attached hydrogens (tertiary/aromatic N) is 1. The van der Waals surface area contributed by atoms with Gasteiger partial charge in [0.1, 0.15) is 0 Å². The molecule has 1 aliphatic carbocycles. The van der Waals surface area contributed by atoms with Crippen LogP contribution < -0.4 is 4.90 Å². The number of anilines is 3. The quantitative estimate of drug-likeness (QED) is 0.147. The maximum absolute atomic E-state index is 2.54. The van der Waals surface area contributed by atoms with Crippen LogP contribution in [0.25, 0.3) is 75.5 Å². The molecule has 12 aromatic rings. The maximum atomic E-state index is 2.54. The molecule has 13 rings (SSSR count). The lowest BCUT2D eigenvalue weighted by atomic mass is 9.68. The van der Waals surface area contributed by atoms with Gasteiger partial charge in [-0.3, -0.25) is 0 Å². The van der Waals surface area contributed by atoms with Gasteiger partial charge >= 0.3 is 0 Å². The first-order valence-corrected chi connectivity index (χ1v) is 23.9. The first kappa shape index (κ1) is 39.1. The van der Waals surface area contributed by atoms with Crippen molar-refractivity contribution in [2.24, 2.45) is 0 Å². The Morgan fingerprint density at radius 2 is 0.881 bits per heavy atom. The third-order valence-corrected chi connectivity index (χ3v) is 15.2. The fourth-order valence-electron chi connectivity index (χ4n) is 11.1. The van der Waals surface area contributed by atoms with Crippen molar-refractivity contribution in [3.05, 3.63) is 283 Å². The predicted molar refractivity (Wildman–Crippen MR) is 285 cm³/mol. The zero-order valence-electron chi connectivity index (χ0n) is 36.7. The molecule has 2 heteroatoms. The Bertz CT molecular complexity index is 3750. The Morgan fingerprint density at radius 3 is 1.67 bits per heavy atom. The number of rotatable bonds is 8. The number of benzene rings is 11. The summed E-state index contributed by atoms with van der Waals surface area (Å²) < 4.78 is 2.63. The minimum absolute atomic E-state index is 0.546. The molecule has 11 aromatic carbocycles. The summed E-state index contributed by atoms with van der Waals surface area (Å²) in [5.74, 6) is 0. The molecule has 0 amide bonds. The zero-order valence-corrected chi connectivity index (χ0v) is 37.5. The van der Waals surface area contributed by atoms with Crippen molar-refractivity contribution in [3.63, 3.8) is 0 Å². The van der Waals surface area contributed by atoms with Gasteiger partial charge in [-0.1, -0.05) is 231 Å². The molecule has 1 aromatic heterocycles. The highest BCUT2D eigenvalue weighted by Gasteiger charge is 2.47. The van der Waals surface area contributed by atoms with Gasteiger partial charge in [0.05, 0.1) is 16.8 Å². The van der Waals surface area contributed by atoms with Crippen LogP contribution in [0.2, 0.25) is 0 Å². The molecule has 0 fully saturated rings. The highest BCUT2D eigenvalue weighted by Crippen LogP contribution is 2.60. The van der Waals surface area contributed by atoms with Crippen molar-refractivity contribution >= 4 is 59.3 Å². The number of fused-ring (bicyclic) bond motifs is 7. The van der Waals surface area contributed by atoms with Crippen LogP contribution >= 0.6 is 11.3 Å². The van der Waals surface area contributed by atoms with Crippen molar-refractivity contribution in [1.29, 1.82) is 0 Å². The third-order valence-electron chi connectivity index (χ3n) is 14.0. The average Bonchev–Trinajstić information content (AvgIpc) is 3.94. The molecule has 0 atom stereocenters. The van der Waals surface area contributed by atoms with E-state index in [1.165, 1.54) is 86.6 Å². The van der Waals surface area contributed by atoms with Crippen molar-refractivity contribution in [3.8, 4) is 44.5 Å². The molecule has 0 unspecified atom stereocenters. The van der Waals surface area contributed by atoms with Crippen LogP contribution in [0.4, 0.5) is 17.1 Å². The fraction of sp³-hybridized carbons (Fsp3) is 0.0154. The minimum atomic E-state index is -0.546. The van der Waals surface area contributed by atoms with E-state index in [9.17, 15) is 0 Å². The van der Waals surface area contributed by atoms with Crippen LogP contribution in [0.5, 0.6) is 0 Å². The van der Waals surface area contributed by atoms with Crippen molar-refractivity contribution in [2.45, 2.75) is 5.41 Å². The number of hydrogen-bond acceptors (Lipinski definition) is 2. The van der Waals surface area contributed by atoms with Gasteiger partial charge in [-0.05, 0) is 96.7 Å². The molecule has 0 saturated carbocycles. The van der Waals surface area contributed by atoms with Crippen LogP contribution in [0.15, 0.2) is 261 Å². The van der Waals surface area contributed by atoms with E-state index in [2.05, 4.69) is 266 Å². The van der Waals surface area contributed by atoms with Crippen LogP contribution in [-0.2, 0) is 5.41 Å². The first-order chi connectivity index (χ1) is 33.3. The molecule has 0 N–H and O–H groups in total. The van der Waals surface area contributed by atoms with E-state index in [1.807, 2.05) is 11.3 Å². The van der Waals surface area contributed by atoms with E-state index < -0.39 is 5.41 Å². The Kier molecular flexibility index (Phi) is 9.33. The van der Waals surface area contributed by atoms with E-state index >= 15 is 0 Å². The Labute approximate surface area is 395 Å².